The summed E-state index contributed by atoms with van der Waals surface area (Å²) in [6, 6.07) is 19.5. The van der Waals surface area contributed by atoms with E-state index in [1.807, 2.05) is 31.2 Å². The van der Waals surface area contributed by atoms with Crippen LogP contribution in [0.3, 0.4) is 0 Å². The van der Waals surface area contributed by atoms with Gasteiger partial charge in [0.2, 0.25) is 0 Å². The third-order valence-electron chi connectivity index (χ3n) is 6.61. The number of rotatable bonds is 9. The number of benzene rings is 3. The molecule has 0 fully saturated rings. The van der Waals surface area contributed by atoms with E-state index in [0.29, 0.717) is 27.7 Å². The van der Waals surface area contributed by atoms with Crippen LogP contribution in [-0.4, -0.2) is 47.3 Å². The van der Waals surface area contributed by atoms with Gasteiger partial charge in [-0.15, -0.1) is 0 Å². The Morgan fingerprint density at radius 2 is 1.68 bits per heavy atom. The summed E-state index contributed by atoms with van der Waals surface area (Å²) in [5.41, 5.74) is 0.946. The van der Waals surface area contributed by atoms with Gasteiger partial charge in [0.1, 0.15) is 0 Å². The zero-order chi connectivity index (χ0) is 26.8. The van der Waals surface area contributed by atoms with Crippen LogP contribution in [0.25, 0.3) is 0 Å². The Morgan fingerprint density at radius 3 is 2.30 bits per heavy atom. The maximum absolute atomic E-state index is 14.2. The van der Waals surface area contributed by atoms with Crippen molar-refractivity contribution in [2.45, 2.75) is 31.5 Å². The SMILES string of the molecule is CCNC1(c2ccccc2Cl)C(=O)N(Cc2ccc(C(=O)NC(C)(CO)CO)cc2)c2ccc(Cl)cc21. The second kappa shape index (κ2) is 10.8. The number of carbonyl (C=O) groups is 2. The van der Waals surface area contributed by atoms with Crippen LogP contribution in [0.15, 0.2) is 66.7 Å². The molecule has 194 valence electrons. The minimum absolute atomic E-state index is 0.178. The smallest absolute Gasteiger partial charge is 0.257 e. The number of aliphatic hydroxyl groups excluding tert-OH is 2. The number of nitrogens with zero attached hydrogens (tertiary/aromatic N) is 1. The molecule has 3 aromatic rings. The largest absolute Gasteiger partial charge is 0.394 e. The quantitative estimate of drug-likeness (QED) is 0.329. The normalized spacial score (nSPS) is 17.1. The van der Waals surface area contributed by atoms with E-state index in [1.54, 1.807) is 54.3 Å². The summed E-state index contributed by atoms with van der Waals surface area (Å²) < 4.78 is 0. The molecule has 37 heavy (non-hydrogen) atoms. The number of likely N-dealkylation sites (N-methyl/N-ethyl adjacent to an activating group) is 1. The highest BCUT2D eigenvalue weighted by molar-refractivity contribution is 6.32. The van der Waals surface area contributed by atoms with Gasteiger partial charge in [-0.3, -0.25) is 14.9 Å². The number of fused-ring (bicyclic) bond motifs is 1. The third kappa shape index (κ3) is 4.98. The molecular weight excluding hydrogens is 513 g/mol. The first-order valence-electron chi connectivity index (χ1n) is 11.9. The maximum atomic E-state index is 14.2. The fourth-order valence-electron chi connectivity index (χ4n) is 4.60. The fraction of sp³-hybridized carbons (Fsp3) is 0.286. The maximum Gasteiger partial charge on any atom is 0.257 e. The van der Waals surface area contributed by atoms with E-state index in [2.05, 4.69) is 10.6 Å². The highest BCUT2D eigenvalue weighted by atomic mass is 35.5. The number of hydrogen-bond acceptors (Lipinski definition) is 5. The Bertz CT molecular complexity index is 1310. The van der Waals surface area contributed by atoms with Gasteiger partial charge < -0.3 is 20.4 Å². The summed E-state index contributed by atoms with van der Waals surface area (Å²) in [5.74, 6) is -0.595. The van der Waals surface area contributed by atoms with E-state index in [1.165, 1.54) is 0 Å². The van der Waals surface area contributed by atoms with Crippen molar-refractivity contribution in [2.75, 3.05) is 24.7 Å². The number of hydrogen-bond donors (Lipinski definition) is 4. The van der Waals surface area contributed by atoms with Crippen molar-refractivity contribution >= 4 is 40.7 Å². The number of anilines is 1. The number of aliphatic hydroxyl groups is 2. The van der Waals surface area contributed by atoms with Crippen LogP contribution in [0.4, 0.5) is 5.69 Å². The van der Waals surface area contributed by atoms with Crippen LogP contribution >= 0.6 is 23.2 Å². The first kappa shape index (κ1) is 27.1. The van der Waals surface area contributed by atoms with Crippen molar-refractivity contribution in [3.05, 3.63) is 99.0 Å². The van der Waals surface area contributed by atoms with Crippen molar-refractivity contribution in [1.29, 1.82) is 0 Å². The van der Waals surface area contributed by atoms with E-state index in [4.69, 9.17) is 23.2 Å². The molecule has 0 aliphatic carbocycles. The lowest BCUT2D eigenvalue weighted by Gasteiger charge is -2.31. The van der Waals surface area contributed by atoms with Gasteiger partial charge >= 0.3 is 0 Å². The molecule has 0 bridgehead atoms. The Hall–Kier alpha value is -2.94. The minimum atomic E-state index is -1.20. The van der Waals surface area contributed by atoms with E-state index in [-0.39, 0.29) is 12.5 Å². The molecule has 4 rings (SSSR count). The van der Waals surface area contributed by atoms with Crippen molar-refractivity contribution < 1.29 is 19.8 Å². The molecular formula is C28H29Cl2N3O4. The molecule has 4 N–H and O–H groups in total. The molecule has 1 heterocycles. The van der Waals surface area contributed by atoms with Gasteiger partial charge in [-0.1, -0.05) is 60.5 Å². The second-order valence-electron chi connectivity index (χ2n) is 9.34. The number of carbonyl (C=O) groups excluding carboxylic acids is 2. The predicted octanol–water partition coefficient (Wildman–Crippen LogP) is 3.87. The molecule has 1 aliphatic heterocycles. The Morgan fingerprint density at radius 1 is 1.00 bits per heavy atom. The topological polar surface area (TPSA) is 102 Å². The molecule has 9 heteroatoms. The molecule has 0 radical (unpaired) electrons. The summed E-state index contributed by atoms with van der Waals surface area (Å²) >= 11 is 13.0. The lowest BCUT2D eigenvalue weighted by Crippen LogP contribution is -2.51. The Kier molecular flexibility index (Phi) is 7.92. The highest BCUT2D eigenvalue weighted by Gasteiger charge is 2.52. The molecule has 7 nitrogen and oxygen atoms in total. The van der Waals surface area contributed by atoms with Gasteiger partial charge in [0.05, 0.1) is 31.0 Å². The predicted molar refractivity (Wildman–Crippen MR) is 145 cm³/mol. The van der Waals surface area contributed by atoms with Crippen molar-refractivity contribution in [3.8, 4) is 0 Å². The van der Waals surface area contributed by atoms with Gasteiger partial charge in [0.15, 0.2) is 5.54 Å². The average Bonchev–Trinajstić information content (AvgIpc) is 3.12. The molecule has 1 atom stereocenters. The zero-order valence-electron chi connectivity index (χ0n) is 20.6. The number of nitrogens with one attached hydrogen (secondary N) is 2. The van der Waals surface area contributed by atoms with E-state index in [0.717, 1.165) is 16.8 Å². The van der Waals surface area contributed by atoms with Crippen LogP contribution < -0.4 is 15.5 Å². The van der Waals surface area contributed by atoms with Gasteiger partial charge in [0.25, 0.3) is 11.8 Å². The summed E-state index contributed by atoms with van der Waals surface area (Å²) in [6.07, 6.45) is 0. The fourth-order valence-corrected chi connectivity index (χ4v) is 5.05. The van der Waals surface area contributed by atoms with Crippen LogP contribution in [0, 0.1) is 0 Å². The van der Waals surface area contributed by atoms with Gasteiger partial charge in [0, 0.05) is 26.7 Å². The molecule has 0 spiro atoms. The summed E-state index contributed by atoms with van der Waals surface area (Å²) in [6.45, 7) is 3.47. The lowest BCUT2D eigenvalue weighted by molar-refractivity contribution is -0.123. The molecule has 3 aromatic carbocycles. The molecule has 0 aromatic heterocycles. The lowest BCUT2D eigenvalue weighted by atomic mass is 9.83. The third-order valence-corrected chi connectivity index (χ3v) is 7.17. The second-order valence-corrected chi connectivity index (χ2v) is 10.2. The average molecular weight is 542 g/mol. The monoisotopic (exact) mass is 541 g/mol. The van der Waals surface area contributed by atoms with Gasteiger partial charge in [-0.05, 0) is 55.4 Å². The Balaban J connectivity index is 1.69. The number of amides is 2. The van der Waals surface area contributed by atoms with Crippen LogP contribution in [0.5, 0.6) is 0 Å². The van der Waals surface area contributed by atoms with E-state index in [9.17, 15) is 19.8 Å². The highest BCUT2D eigenvalue weighted by Crippen LogP contribution is 2.47. The van der Waals surface area contributed by atoms with Gasteiger partial charge in [-0.2, -0.15) is 0 Å². The standard InChI is InChI=1S/C28H29Cl2N3O4/c1-3-31-28(21-6-4-5-7-23(21)30)22-14-20(29)12-13-24(22)33(26(28)37)15-18-8-10-19(11-9-18)25(36)32-27(2,16-34)17-35/h4-14,31,34-35H,3,15-17H2,1-2H3,(H,32,36). The molecule has 2 amide bonds. The van der Waals surface area contributed by atoms with E-state index >= 15 is 0 Å². The molecule has 1 unspecified atom stereocenters. The van der Waals surface area contributed by atoms with Crippen molar-refractivity contribution in [2.24, 2.45) is 0 Å². The molecule has 1 aliphatic rings. The minimum Gasteiger partial charge on any atom is -0.394 e. The summed E-state index contributed by atoms with van der Waals surface area (Å²) in [4.78, 5) is 28.5. The van der Waals surface area contributed by atoms with Gasteiger partial charge in [-0.25, -0.2) is 0 Å². The van der Waals surface area contributed by atoms with Crippen LogP contribution in [-0.2, 0) is 16.9 Å². The first-order chi connectivity index (χ1) is 17.7. The zero-order valence-corrected chi connectivity index (χ0v) is 22.1. The summed E-state index contributed by atoms with van der Waals surface area (Å²) in [7, 11) is 0. The molecule has 0 saturated carbocycles. The Labute approximate surface area is 226 Å². The molecule has 0 saturated heterocycles. The summed E-state index contributed by atoms with van der Waals surface area (Å²) in [5, 5.41) is 25.9. The van der Waals surface area contributed by atoms with E-state index < -0.39 is 30.2 Å². The van der Waals surface area contributed by atoms with Crippen molar-refractivity contribution in [3.63, 3.8) is 0 Å². The van der Waals surface area contributed by atoms with Crippen molar-refractivity contribution in [1.82, 2.24) is 10.6 Å². The first-order valence-corrected chi connectivity index (χ1v) is 12.7. The van der Waals surface area contributed by atoms with Crippen LogP contribution in [0.2, 0.25) is 10.0 Å². The number of halogens is 2. The van der Waals surface area contributed by atoms with Crippen LogP contribution in [0.1, 0.15) is 40.9 Å².